The van der Waals surface area contributed by atoms with E-state index in [9.17, 15) is 24.5 Å². The molecule has 0 aliphatic heterocycles. The second-order valence-electron chi connectivity index (χ2n) is 11.2. The number of hydrogen-bond acceptors (Lipinski definition) is 9. The van der Waals surface area contributed by atoms with Gasteiger partial charge in [0.15, 0.2) is 5.13 Å². The van der Waals surface area contributed by atoms with Crippen molar-refractivity contribution in [3.05, 3.63) is 160 Å². The van der Waals surface area contributed by atoms with E-state index in [0.29, 0.717) is 27.9 Å². The van der Waals surface area contributed by atoms with E-state index < -0.39 is 22.0 Å². The monoisotopic (exact) mass is 729 g/mol. The minimum atomic E-state index is -0.703. The highest BCUT2D eigenvalue weighted by atomic mass is 32.2. The van der Waals surface area contributed by atoms with E-state index in [2.05, 4.69) is 20.9 Å². The molecule has 0 spiro atoms. The van der Waals surface area contributed by atoms with Crippen LogP contribution in [0.3, 0.4) is 0 Å². The van der Waals surface area contributed by atoms with Crippen molar-refractivity contribution in [1.82, 2.24) is 10.3 Å². The third-order valence-electron chi connectivity index (χ3n) is 7.55. The minimum Gasteiger partial charge on any atom is -0.494 e. The zero-order chi connectivity index (χ0) is 36.5. The molecule has 11 nitrogen and oxygen atoms in total. The van der Waals surface area contributed by atoms with Crippen molar-refractivity contribution in [1.29, 1.82) is 0 Å². The molecule has 0 fully saturated rings. The lowest BCUT2D eigenvalue weighted by atomic mass is 10.1. The smallest absolute Gasteiger partial charge is 0.276 e. The van der Waals surface area contributed by atoms with E-state index in [0.717, 1.165) is 21.5 Å². The number of para-hydroxylation sites is 1. The lowest BCUT2D eigenvalue weighted by Crippen LogP contribution is -2.30. The quantitative estimate of drug-likeness (QED) is 0.0463. The predicted molar refractivity (Wildman–Crippen MR) is 205 cm³/mol. The first-order valence-corrected chi connectivity index (χ1v) is 17.8. The Morgan fingerprint density at radius 3 is 2.37 bits per heavy atom. The summed E-state index contributed by atoms with van der Waals surface area (Å²) in [6.07, 6.45) is 1.27. The number of carbonyl (C=O) groups excluding carboxylic acids is 3. The number of aromatic nitrogens is 1. The van der Waals surface area contributed by atoms with Gasteiger partial charge in [0.1, 0.15) is 16.7 Å². The second-order valence-corrected chi connectivity index (χ2v) is 13.4. The van der Waals surface area contributed by atoms with Crippen molar-refractivity contribution in [2.24, 2.45) is 0 Å². The summed E-state index contributed by atoms with van der Waals surface area (Å²) >= 11 is 2.63. The first kappa shape index (κ1) is 35.5. The number of hydrogen-bond donors (Lipinski definition) is 3. The molecule has 1 unspecified atom stereocenters. The van der Waals surface area contributed by atoms with Crippen molar-refractivity contribution in [3.63, 3.8) is 0 Å². The van der Waals surface area contributed by atoms with Gasteiger partial charge in [0, 0.05) is 22.2 Å². The van der Waals surface area contributed by atoms with Gasteiger partial charge >= 0.3 is 0 Å². The second kappa shape index (κ2) is 16.6. The number of thioether (sulfide) groups is 1. The maximum atomic E-state index is 13.8. The summed E-state index contributed by atoms with van der Waals surface area (Å²) in [6.45, 7) is 2.45. The van der Waals surface area contributed by atoms with E-state index in [4.69, 9.17) is 4.74 Å². The maximum Gasteiger partial charge on any atom is 0.276 e. The van der Waals surface area contributed by atoms with Crippen LogP contribution in [-0.4, -0.2) is 34.2 Å². The summed E-state index contributed by atoms with van der Waals surface area (Å²) in [5.74, 6) is -0.827. The molecule has 3 amide bonds. The standard InChI is InChI=1S/C39H31N5O6S2/c1-2-50-29-20-21-31-34(24-29)52-39(42-31)43-38(47)35(25-12-5-3-6-13-25)51-30-18-11-17-28(23-30)40-37(46)32(41-36(45)26-14-7-4-8-15-26)22-27-16-9-10-19-33(27)44(48)49/h3-24,35H,2H2,1H3,(H,40,46)(H,41,45)(H,42,43,47)/b32-22+. The van der Waals surface area contributed by atoms with E-state index in [1.807, 2.05) is 61.5 Å². The summed E-state index contributed by atoms with van der Waals surface area (Å²) in [5, 5.41) is 19.9. The van der Waals surface area contributed by atoms with Crippen molar-refractivity contribution >= 4 is 73.6 Å². The summed E-state index contributed by atoms with van der Waals surface area (Å²) in [5.41, 5.74) is 1.88. The Bertz CT molecular complexity index is 2280. The Morgan fingerprint density at radius 1 is 0.885 bits per heavy atom. The molecule has 13 heteroatoms. The van der Waals surface area contributed by atoms with Gasteiger partial charge in [-0.15, -0.1) is 11.8 Å². The number of nitrogens with zero attached hydrogens (tertiary/aromatic N) is 2. The van der Waals surface area contributed by atoms with Crippen molar-refractivity contribution in [2.45, 2.75) is 17.1 Å². The molecule has 6 aromatic rings. The van der Waals surface area contributed by atoms with Crippen LogP contribution in [0.15, 0.2) is 138 Å². The molecule has 260 valence electrons. The molecule has 1 aromatic heterocycles. The molecule has 52 heavy (non-hydrogen) atoms. The fourth-order valence-corrected chi connectivity index (χ4v) is 7.12. The summed E-state index contributed by atoms with van der Waals surface area (Å²) in [6, 6.07) is 36.0. The largest absolute Gasteiger partial charge is 0.494 e. The molecular formula is C39H31N5O6S2. The Labute approximate surface area is 306 Å². The maximum absolute atomic E-state index is 13.8. The SMILES string of the molecule is CCOc1ccc2nc(NC(=O)C(Sc3cccc(NC(=O)/C(=C\c4ccccc4[N+](=O)[O-])NC(=O)c4ccccc4)c3)c3ccccc3)sc2c1. The average Bonchev–Trinajstić information content (AvgIpc) is 3.56. The molecule has 0 aliphatic carbocycles. The normalized spacial score (nSPS) is 11.8. The van der Waals surface area contributed by atoms with Gasteiger partial charge in [-0.25, -0.2) is 4.98 Å². The van der Waals surface area contributed by atoms with Crippen LogP contribution < -0.4 is 20.7 Å². The van der Waals surface area contributed by atoms with Gasteiger partial charge in [-0.3, -0.25) is 24.5 Å². The Morgan fingerprint density at radius 2 is 1.62 bits per heavy atom. The molecule has 0 bridgehead atoms. The molecule has 0 aliphatic rings. The highest BCUT2D eigenvalue weighted by molar-refractivity contribution is 8.00. The molecule has 0 radical (unpaired) electrons. The molecule has 1 atom stereocenters. The highest BCUT2D eigenvalue weighted by Crippen LogP contribution is 2.38. The minimum absolute atomic E-state index is 0.134. The fourth-order valence-electron chi connectivity index (χ4n) is 5.14. The van der Waals surface area contributed by atoms with Crippen LogP contribution in [0.5, 0.6) is 5.75 Å². The van der Waals surface area contributed by atoms with Crippen molar-refractivity contribution < 1.29 is 24.0 Å². The molecule has 0 saturated carbocycles. The summed E-state index contributed by atoms with van der Waals surface area (Å²) in [7, 11) is 0. The first-order chi connectivity index (χ1) is 25.3. The lowest BCUT2D eigenvalue weighted by Gasteiger charge is -2.17. The molecule has 1 heterocycles. The number of rotatable bonds is 13. The summed E-state index contributed by atoms with van der Waals surface area (Å²) in [4.78, 5) is 57.1. The summed E-state index contributed by atoms with van der Waals surface area (Å²) < 4.78 is 6.48. The number of benzene rings is 5. The van der Waals surface area contributed by atoms with Crippen LogP contribution in [0.2, 0.25) is 0 Å². The molecule has 5 aromatic carbocycles. The number of carbonyl (C=O) groups is 3. The fraction of sp³-hybridized carbons (Fsp3) is 0.0769. The van der Waals surface area contributed by atoms with Gasteiger partial charge in [0.25, 0.3) is 17.5 Å². The van der Waals surface area contributed by atoms with Gasteiger partial charge in [0.2, 0.25) is 5.91 Å². The van der Waals surface area contributed by atoms with E-state index in [1.165, 1.54) is 47.4 Å². The number of ether oxygens (including phenoxy) is 1. The average molecular weight is 730 g/mol. The highest BCUT2D eigenvalue weighted by Gasteiger charge is 2.24. The zero-order valence-electron chi connectivity index (χ0n) is 27.6. The van der Waals surface area contributed by atoms with Crippen LogP contribution in [0.4, 0.5) is 16.5 Å². The van der Waals surface area contributed by atoms with Crippen LogP contribution in [0.1, 0.15) is 33.7 Å². The van der Waals surface area contributed by atoms with Gasteiger partial charge in [-0.1, -0.05) is 78.1 Å². The van der Waals surface area contributed by atoms with Gasteiger partial charge in [-0.05, 0) is 73.2 Å². The van der Waals surface area contributed by atoms with E-state index in [1.54, 1.807) is 54.6 Å². The topological polar surface area (TPSA) is 153 Å². The number of nitrogens with one attached hydrogen (secondary N) is 3. The molecule has 6 rings (SSSR count). The number of thiazole rings is 1. The molecular weight excluding hydrogens is 699 g/mol. The van der Waals surface area contributed by atoms with E-state index in [-0.39, 0.29) is 22.9 Å². The van der Waals surface area contributed by atoms with Crippen LogP contribution in [-0.2, 0) is 9.59 Å². The van der Waals surface area contributed by atoms with E-state index >= 15 is 0 Å². The van der Waals surface area contributed by atoms with Gasteiger partial charge in [-0.2, -0.15) is 0 Å². The Hall–Kier alpha value is -6.31. The Balaban J connectivity index is 1.24. The number of amides is 3. The zero-order valence-corrected chi connectivity index (χ0v) is 29.3. The van der Waals surface area contributed by atoms with Gasteiger partial charge in [0.05, 0.1) is 27.3 Å². The van der Waals surface area contributed by atoms with Crippen LogP contribution in [0.25, 0.3) is 16.3 Å². The Kier molecular flexibility index (Phi) is 11.3. The molecule has 3 N–H and O–H groups in total. The van der Waals surface area contributed by atoms with Crippen molar-refractivity contribution in [2.75, 3.05) is 17.2 Å². The third-order valence-corrected chi connectivity index (χ3v) is 9.73. The first-order valence-electron chi connectivity index (χ1n) is 16.1. The van der Waals surface area contributed by atoms with Crippen molar-refractivity contribution in [3.8, 4) is 5.75 Å². The number of anilines is 2. The van der Waals surface area contributed by atoms with Crippen LogP contribution in [0, 0.1) is 10.1 Å². The lowest BCUT2D eigenvalue weighted by molar-refractivity contribution is -0.385. The third kappa shape index (κ3) is 8.88. The number of nitro benzene ring substituents is 1. The number of fused-ring (bicyclic) bond motifs is 1. The van der Waals surface area contributed by atoms with Gasteiger partial charge < -0.3 is 20.7 Å². The number of nitro groups is 1. The molecule has 0 saturated heterocycles. The van der Waals surface area contributed by atoms with Crippen LogP contribution >= 0.6 is 23.1 Å². The predicted octanol–water partition coefficient (Wildman–Crippen LogP) is 8.48.